The normalized spacial score (nSPS) is 17.7. The second-order valence-electron chi connectivity index (χ2n) is 8.94. The molecular formula is C25H24ClFN8O. The summed E-state index contributed by atoms with van der Waals surface area (Å²) in [6.45, 7) is 5.05. The summed E-state index contributed by atoms with van der Waals surface area (Å²) in [7, 11) is 2.14. The Morgan fingerprint density at radius 2 is 1.81 bits per heavy atom. The van der Waals surface area contributed by atoms with Gasteiger partial charge in [0, 0.05) is 50.3 Å². The maximum absolute atomic E-state index is 14.7. The number of carbonyl (C=O) groups is 1. The smallest absolute Gasteiger partial charge is 0.270 e. The van der Waals surface area contributed by atoms with E-state index in [1.807, 2.05) is 12.1 Å². The summed E-state index contributed by atoms with van der Waals surface area (Å²) in [4.78, 5) is 34.6. The van der Waals surface area contributed by atoms with E-state index in [4.69, 9.17) is 11.6 Å². The number of guanidine groups is 1. The maximum Gasteiger partial charge on any atom is 0.270 e. The summed E-state index contributed by atoms with van der Waals surface area (Å²) >= 11 is 6.27. The van der Waals surface area contributed by atoms with E-state index in [1.54, 1.807) is 11.0 Å². The van der Waals surface area contributed by atoms with E-state index < -0.39 is 11.7 Å². The number of amides is 1. The molecule has 0 aliphatic carbocycles. The highest BCUT2D eigenvalue weighted by atomic mass is 35.5. The Bertz CT molecular complexity index is 1340. The number of likely N-dealkylation sites (N-methyl/N-ethyl adjacent to an activating group) is 1. The molecule has 11 heteroatoms. The van der Waals surface area contributed by atoms with E-state index in [-0.39, 0.29) is 16.3 Å². The van der Waals surface area contributed by atoms with Crippen molar-refractivity contribution in [3.05, 3.63) is 65.1 Å². The number of hydrogen-bond acceptors (Lipinski definition) is 8. The molecule has 6 rings (SSSR count). The van der Waals surface area contributed by atoms with Crippen molar-refractivity contribution in [2.75, 3.05) is 66.3 Å². The first-order chi connectivity index (χ1) is 17.5. The molecule has 0 bridgehead atoms. The van der Waals surface area contributed by atoms with Crippen molar-refractivity contribution >= 4 is 52.3 Å². The zero-order valence-electron chi connectivity index (χ0n) is 19.7. The predicted octanol–water partition coefficient (Wildman–Crippen LogP) is 3.60. The van der Waals surface area contributed by atoms with Crippen molar-refractivity contribution in [1.82, 2.24) is 14.9 Å². The van der Waals surface area contributed by atoms with Crippen molar-refractivity contribution in [1.29, 1.82) is 0 Å². The fourth-order valence-electron chi connectivity index (χ4n) is 4.68. The van der Waals surface area contributed by atoms with Gasteiger partial charge in [0.15, 0.2) is 5.82 Å². The number of anilines is 5. The molecule has 1 saturated heterocycles. The summed E-state index contributed by atoms with van der Waals surface area (Å²) in [5.41, 5.74) is 2.25. The molecule has 36 heavy (non-hydrogen) atoms. The Morgan fingerprint density at radius 3 is 2.56 bits per heavy atom. The first kappa shape index (κ1) is 22.7. The molecule has 0 spiro atoms. The Hall–Kier alpha value is -3.76. The number of nitrogens with zero attached hydrogens (tertiary/aromatic N) is 7. The minimum Gasteiger partial charge on any atom is -0.369 e. The van der Waals surface area contributed by atoms with E-state index in [1.165, 1.54) is 28.9 Å². The monoisotopic (exact) mass is 506 g/mol. The largest absolute Gasteiger partial charge is 0.369 e. The number of benzene rings is 2. The SMILES string of the molecule is CN1CCN(c2ccc(Nc3ncc4c(n3)N3CCN=C3N(c3c(F)cccc3Cl)C4=O)cc2)CC1. The van der Waals surface area contributed by atoms with E-state index in [9.17, 15) is 9.18 Å². The number of rotatable bonds is 4. The Morgan fingerprint density at radius 1 is 1.03 bits per heavy atom. The summed E-state index contributed by atoms with van der Waals surface area (Å²) in [5.74, 6) is 0.0229. The van der Waals surface area contributed by atoms with Crippen LogP contribution in [0.1, 0.15) is 10.4 Å². The fourth-order valence-corrected chi connectivity index (χ4v) is 4.93. The molecule has 3 aliphatic heterocycles. The van der Waals surface area contributed by atoms with Crippen molar-refractivity contribution in [3.63, 3.8) is 0 Å². The quantitative estimate of drug-likeness (QED) is 0.579. The predicted molar refractivity (Wildman–Crippen MR) is 139 cm³/mol. The lowest BCUT2D eigenvalue weighted by atomic mass is 10.1. The summed E-state index contributed by atoms with van der Waals surface area (Å²) in [5, 5.41) is 3.35. The van der Waals surface area contributed by atoms with Gasteiger partial charge in [0.25, 0.3) is 5.91 Å². The minimum absolute atomic E-state index is 0.0249. The van der Waals surface area contributed by atoms with Gasteiger partial charge >= 0.3 is 0 Å². The zero-order chi connectivity index (χ0) is 24.8. The van der Waals surface area contributed by atoms with Gasteiger partial charge in [-0.15, -0.1) is 0 Å². The van der Waals surface area contributed by atoms with Crippen LogP contribution in [-0.4, -0.2) is 73.1 Å². The molecule has 0 radical (unpaired) electrons. The van der Waals surface area contributed by atoms with E-state index in [0.717, 1.165) is 31.9 Å². The van der Waals surface area contributed by atoms with Gasteiger partial charge in [0.1, 0.15) is 17.1 Å². The van der Waals surface area contributed by atoms with Crippen molar-refractivity contribution in [2.24, 2.45) is 4.99 Å². The molecule has 3 aliphatic rings. The van der Waals surface area contributed by atoms with Crippen molar-refractivity contribution in [2.45, 2.75) is 0 Å². The summed E-state index contributed by atoms with van der Waals surface area (Å²) in [6, 6.07) is 12.5. The Balaban J connectivity index is 1.27. The van der Waals surface area contributed by atoms with Crippen LogP contribution in [0.5, 0.6) is 0 Å². The molecular weight excluding hydrogens is 483 g/mol. The third kappa shape index (κ3) is 3.92. The van der Waals surface area contributed by atoms with Crippen LogP contribution in [0.25, 0.3) is 0 Å². The molecule has 184 valence electrons. The standard InChI is InChI=1S/C25H24ClFN8O/c1-32-11-13-33(14-12-32)17-7-5-16(6-8-17)30-24-29-15-18-22(31-24)34-10-9-28-25(34)35(23(18)36)21-19(26)3-2-4-20(21)27/h2-8,15H,9-14H2,1H3,(H,29,30,31). The van der Waals surface area contributed by atoms with Gasteiger partial charge in [-0.05, 0) is 43.4 Å². The molecule has 4 heterocycles. The number of hydrogen-bond donors (Lipinski definition) is 1. The molecule has 1 aromatic heterocycles. The average molecular weight is 507 g/mol. The molecule has 9 nitrogen and oxygen atoms in total. The first-order valence-electron chi connectivity index (χ1n) is 11.8. The van der Waals surface area contributed by atoms with E-state index >= 15 is 0 Å². The topological polar surface area (TPSA) is 80.2 Å². The van der Waals surface area contributed by atoms with Crippen LogP contribution in [0.3, 0.4) is 0 Å². The number of aromatic nitrogens is 2. The van der Waals surface area contributed by atoms with E-state index in [2.05, 4.69) is 49.3 Å². The highest BCUT2D eigenvalue weighted by Gasteiger charge is 2.41. The molecule has 2 aromatic carbocycles. The van der Waals surface area contributed by atoms with Crippen LogP contribution in [0.4, 0.5) is 33.2 Å². The number of para-hydroxylation sites is 1. The van der Waals surface area contributed by atoms with Crippen molar-refractivity contribution in [3.8, 4) is 0 Å². The van der Waals surface area contributed by atoms with Crippen molar-refractivity contribution < 1.29 is 9.18 Å². The molecule has 0 saturated carbocycles. The van der Waals surface area contributed by atoms with Gasteiger partial charge < -0.3 is 15.1 Å². The maximum atomic E-state index is 14.7. The molecule has 3 aromatic rings. The number of halogens is 2. The third-order valence-electron chi connectivity index (χ3n) is 6.63. The number of aliphatic imine (C=N–C) groups is 1. The van der Waals surface area contributed by atoms with Crippen LogP contribution >= 0.6 is 11.6 Å². The van der Waals surface area contributed by atoms with Gasteiger partial charge in [0.2, 0.25) is 11.9 Å². The molecule has 0 atom stereocenters. The van der Waals surface area contributed by atoms with Crippen LogP contribution in [0.2, 0.25) is 5.02 Å². The first-order valence-corrected chi connectivity index (χ1v) is 12.2. The fraction of sp³-hybridized carbons (Fsp3) is 0.280. The van der Waals surface area contributed by atoms with Gasteiger partial charge in [-0.3, -0.25) is 14.7 Å². The van der Waals surface area contributed by atoms with Gasteiger partial charge in [-0.25, -0.2) is 14.3 Å². The van der Waals surface area contributed by atoms with Gasteiger partial charge in [-0.1, -0.05) is 17.7 Å². The lowest BCUT2D eigenvalue weighted by Crippen LogP contribution is -2.51. The van der Waals surface area contributed by atoms with Crippen LogP contribution in [0, 0.1) is 5.82 Å². The zero-order valence-corrected chi connectivity index (χ0v) is 20.4. The second-order valence-corrected chi connectivity index (χ2v) is 9.34. The minimum atomic E-state index is -0.604. The number of piperazine rings is 1. The highest BCUT2D eigenvalue weighted by Crippen LogP contribution is 2.37. The highest BCUT2D eigenvalue weighted by molar-refractivity contribution is 6.38. The molecule has 1 N–H and O–H groups in total. The third-order valence-corrected chi connectivity index (χ3v) is 6.93. The average Bonchev–Trinajstić information content (AvgIpc) is 3.37. The van der Waals surface area contributed by atoms with Gasteiger partial charge in [0.05, 0.1) is 11.6 Å². The Labute approximate surface area is 212 Å². The molecule has 1 fully saturated rings. The summed E-state index contributed by atoms with van der Waals surface area (Å²) in [6.07, 6.45) is 1.46. The van der Waals surface area contributed by atoms with E-state index in [0.29, 0.717) is 30.8 Å². The lowest BCUT2D eigenvalue weighted by Gasteiger charge is -2.35. The lowest BCUT2D eigenvalue weighted by molar-refractivity contribution is 0.0999. The van der Waals surface area contributed by atoms with Crippen LogP contribution in [0.15, 0.2) is 53.7 Å². The number of nitrogens with one attached hydrogen (secondary N) is 1. The number of carbonyl (C=O) groups excluding carboxylic acids is 1. The number of fused-ring (bicyclic) bond motifs is 3. The van der Waals surface area contributed by atoms with Crippen LogP contribution in [-0.2, 0) is 0 Å². The van der Waals surface area contributed by atoms with Crippen LogP contribution < -0.4 is 20.0 Å². The second kappa shape index (κ2) is 9.03. The summed E-state index contributed by atoms with van der Waals surface area (Å²) < 4.78 is 14.7. The molecule has 1 amide bonds. The van der Waals surface area contributed by atoms with Gasteiger partial charge in [-0.2, -0.15) is 4.98 Å². The Kier molecular flexibility index (Phi) is 5.69. The molecule has 0 unspecified atom stereocenters.